The topological polar surface area (TPSA) is 91.2 Å². The highest BCUT2D eigenvalue weighted by molar-refractivity contribution is 7.99. The van der Waals surface area contributed by atoms with E-state index in [0.717, 1.165) is 5.69 Å². The van der Waals surface area contributed by atoms with Crippen molar-refractivity contribution >= 4 is 23.4 Å². The van der Waals surface area contributed by atoms with Gasteiger partial charge in [0.25, 0.3) is 0 Å². The Balaban J connectivity index is 1.61. The first-order chi connectivity index (χ1) is 13.6. The molecule has 0 aliphatic rings. The average molecular weight is 399 g/mol. The van der Waals surface area contributed by atoms with E-state index < -0.39 is 0 Å². The summed E-state index contributed by atoms with van der Waals surface area (Å²) in [7, 11) is 3.12. The molecule has 1 N–H and O–H groups in total. The number of amides is 1. The minimum absolute atomic E-state index is 0.115. The highest BCUT2D eigenvalue weighted by Crippen LogP contribution is 2.30. The molecule has 0 spiro atoms. The molecule has 2 aromatic carbocycles. The summed E-state index contributed by atoms with van der Waals surface area (Å²) in [5, 5.41) is 14.4. The Morgan fingerprint density at radius 3 is 2.61 bits per heavy atom. The van der Waals surface area contributed by atoms with Gasteiger partial charge in [-0.25, -0.2) is 0 Å². The zero-order valence-corrected chi connectivity index (χ0v) is 16.6. The molecule has 1 aromatic heterocycles. The number of ether oxygens (including phenoxy) is 2. The summed E-state index contributed by atoms with van der Waals surface area (Å²) in [5.74, 6) is 2.24. The molecule has 9 heteroatoms. The molecule has 0 saturated carbocycles. The van der Waals surface area contributed by atoms with Crippen LogP contribution < -0.4 is 14.8 Å². The first kappa shape index (κ1) is 19.7. The standard InChI is InChI=1S/C19H21N5O3S/c1-13(19(25)20-14-9-10-16(26-2)17(11-14)27-3)28-12-18-21-22-23-24(18)15-7-5-4-6-8-15/h4-11,13H,12H2,1-3H3,(H,20,25). The van der Waals surface area contributed by atoms with E-state index in [1.165, 1.54) is 11.8 Å². The van der Waals surface area contributed by atoms with Gasteiger partial charge in [0.2, 0.25) is 5.91 Å². The van der Waals surface area contributed by atoms with Crippen LogP contribution in [0.3, 0.4) is 0 Å². The van der Waals surface area contributed by atoms with Gasteiger partial charge in [0.05, 0.1) is 30.9 Å². The van der Waals surface area contributed by atoms with Crippen molar-refractivity contribution in [3.8, 4) is 17.2 Å². The summed E-state index contributed by atoms with van der Waals surface area (Å²) in [4.78, 5) is 12.5. The van der Waals surface area contributed by atoms with Crippen LogP contribution in [0.15, 0.2) is 48.5 Å². The van der Waals surface area contributed by atoms with Crippen LogP contribution in [0, 0.1) is 0 Å². The van der Waals surface area contributed by atoms with Gasteiger partial charge in [-0.15, -0.1) is 16.9 Å². The van der Waals surface area contributed by atoms with E-state index >= 15 is 0 Å². The van der Waals surface area contributed by atoms with Crippen LogP contribution in [0.4, 0.5) is 5.69 Å². The highest BCUT2D eigenvalue weighted by Gasteiger charge is 2.17. The number of nitrogens with zero attached hydrogens (tertiary/aromatic N) is 4. The van der Waals surface area contributed by atoms with Crippen molar-refractivity contribution in [3.05, 3.63) is 54.4 Å². The molecule has 1 atom stereocenters. The number of tetrazole rings is 1. The average Bonchev–Trinajstić information content (AvgIpc) is 3.21. The Morgan fingerprint density at radius 2 is 1.89 bits per heavy atom. The predicted octanol–water partition coefficient (Wildman–Crippen LogP) is 2.94. The molecule has 0 aliphatic heterocycles. The summed E-state index contributed by atoms with van der Waals surface area (Å²) in [5.41, 5.74) is 1.52. The number of para-hydroxylation sites is 1. The number of carbonyl (C=O) groups is 1. The van der Waals surface area contributed by atoms with Crippen molar-refractivity contribution in [2.75, 3.05) is 19.5 Å². The van der Waals surface area contributed by atoms with Crippen LogP contribution in [0.1, 0.15) is 12.7 Å². The van der Waals surface area contributed by atoms with Crippen molar-refractivity contribution in [2.24, 2.45) is 0 Å². The third kappa shape index (κ3) is 4.61. The fraction of sp³-hybridized carbons (Fsp3) is 0.263. The second kappa shape index (κ2) is 9.23. The van der Waals surface area contributed by atoms with E-state index in [4.69, 9.17) is 9.47 Å². The van der Waals surface area contributed by atoms with Gasteiger partial charge in [0.1, 0.15) is 0 Å². The molecular formula is C19H21N5O3S. The monoisotopic (exact) mass is 399 g/mol. The lowest BCUT2D eigenvalue weighted by atomic mass is 10.2. The van der Waals surface area contributed by atoms with Crippen molar-refractivity contribution in [1.82, 2.24) is 20.2 Å². The van der Waals surface area contributed by atoms with Crippen LogP contribution in [0.25, 0.3) is 5.69 Å². The minimum atomic E-state index is -0.297. The Hall–Kier alpha value is -3.07. The number of aromatic nitrogens is 4. The van der Waals surface area contributed by atoms with Gasteiger partial charge in [-0.3, -0.25) is 4.79 Å². The molecule has 1 heterocycles. The summed E-state index contributed by atoms with van der Waals surface area (Å²) >= 11 is 1.46. The lowest BCUT2D eigenvalue weighted by molar-refractivity contribution is -0.115. The van der Waals surface area contributed by atoms with Gasteiger partial charge in [-0.2, -0.15) is 4.68 Å². The van der Waals surface area contributed by atoms with Crippen LogP contribution in [0.5, 0.6) is 11.5 Å². The first-order valence-electron chi connectivity index (χ1n) is 8.59. The largest absolute Gasteiger partial charge is 0.493 e. The normalized spacial score (nSPS) is 11.7. The number of benzene rings is 2. The molecule has 0 fully saturated rings. The van der Waals surface area contributed by atoms with E-state index in [0.29, 0.717) is 28.8 Å². The number of nitrogens with one attached hydrogen (secondary N) is 1. The number of carbonyl (C=O) groups excluding carboxylic acids is 1. The van der Waals surface area contributed by atoms with Gasteiger partial charge < -0.3 is 14.8 Å². The maximum atomic E-state index is 12.5. The zero-order chi connectivity index (χ0) is 19.9. The van der Waals surface area contributed by atoms with Crippen LogP contribution in [-0.4, -0.2) is 45.6 Å². The van der Waals surface area contributed by atoms with E-state index in [9.17, 15) is 4.79 Å². The number of hydrogen-bond donors (Lipinski definition) is 1. The molecule has 8 nitrogen and oxygen atoms in total. The van der Waals surface area contributed by atoms with Gasteiger partial charge in [0, 0.05) is 11.8 Å². The second-order valence-corrected chi connectivity index (χ2v) is 7.18. The number of thioether (sulfide) groups is 1. The maximum Gasteiger partial charge on any atom is 0.237 e. The van der Waals surface area contributed by atoms with E-state index in [2.05, 4.69) is 20.8 Å². The number of hydrogen-bond acceptors (Lipinski definition) is 7. The minimum Gasteiger partial charge on any atom is -0.493 e. The van der Waals surface area contributed by atoms with E-state index in [1.54, 1.807) is 37.1 Å². The predicted molar refractivity (Wildman–Crippen MR) is 108 cm³/mol. The fourth-order valence-corrected chi connectivity index (χ4v) is 3.29. The van der Waals surface area contributed by atoms with E-state index in [-0.39, 0.29) is 11.2 Å². The zero-order valence-electron chi connectivity index (χ0n) is 15.8. The Bertz CT molecular complexity index is 932. The fourth-order valence-electron chi connectivity index (χ4n) is 2.50. The van der Waals surface area contributed by atoms with Crippen LogP contribution in [0.2, 0.25) is 0 Å². The van der Waals surface area contributed by atoms with Gasteiger partial charge in [-0.05, 0) is 41.6 Å². The Labute approximate surface area is 167 Å². The Kier molecular flexibility index (Phi) is 6.49. The molecular weight excluding hydrogens is 378 g/mol. The molecule has 0 bridgehead atoms. The van der Waals surface area contributed by atoms with Crippen LogP contribution >= 0.6 is 11.8 Å². The quantitative estimate of drug-likeness (QED) is 0.623. The lowest BCUT2D eigenvalue weighted by Crippen LogP contribution is -2.22. The molecule has 3 rings (SSSR count). The van der Waals surface area contributed by atoms with E-state index in [1.807, 2.05) is 37.3 Å². The Morgan fingerprint density at radius 1 is 1.14 bits per heavy atom. The van der Waals surface area contributed by atoms with Gasteiger partial charge in [0.15, 0.2) is 17.3 Å². The third-order valence-electron chi connectivity index (χ3n) is 4.02. The summed E-state index contributed by atoms with van der Waals surface area (Å²) in [6, 6.07) is 14.9. The molecule has 0 saturated heterocycles. The molecule has 0 aliphatic carbocycles. The van der Waals surface area contributed by atoms with Crippen LogP contribution in [-0.2, 0) is 10.5 Å². The molecule has 1 unspecified atom stereocenters. The highest BCUT2D eigenvalue weighted by atomic mass is 32.2. The molecule has 0 radical (unpaired) electrons. The van der Waals surface area contributed by atoms with Crippen molar-refractivity contribution in [3.63, 3.8) is 0 Å². The van der Waals surface area contributed by atoms with Crippen molar-refractivity contribution in [2.45, 2.75) is 17.9 Å². The van der Waals surface area contributed by atoms with Crippen molar-refractivity contribution in [1.29, 1.82) is 0 Å². The molecule has 3 aromatic rings. The van der Waals surface area contributed by atoms with Gasteiger partial charge >= 0.3 is 0 Å². The number of rotatable bonds is 8. The van der Waals surface area contributed by atoms with Crippen molar-refractivity contribution < 1.29 is 14.3 Å². The summed E-state index contributed by atoms with van der Waals surface area (Å²) in [6.07, 6.45) is 0. The number of methoxy groups -OCH3 is 2. The smallest absolute Gasteiger partial charge is 0.237 e. The number of anilines is 1. The van der Waals surface area contributed by atoms with Gasteiger partial charge in [-0.1, -0.05) is 18.2 Å². The first-order valence-corrected chi connectivity index (χ1v) is 9.64. The molecule has 28 heavy (non-hydrogen) atoms. The third-order valence-corrected chi connectivity index (χ3v) is 5.16. The summed E-state index contributed by atoms with van der Waals surface area (Å²) in [6.45, 7) is 1.84. The molecule has 146 valence electrons. The maximum absolute atomic E-state index is 12.5. The lowest BCUT2D eigenvalue weighted by Gasteiger charge is -2.14. The second-order valence-electron chi connectivity index (χ2n) is 5.85. The molecule has 1 amide bonds. The SMILES string of the molecule is COc1ccc(NC(=O)C(C)SCc2nnnn2-c2ccccc2)cc1OC. The summed E-state index contributed by atoms with van der Waals surface area (Å²) < 4.78 is 12.1.